The third-order valence-corrected chi connectivity index (χ3v) is 4.39. The van der Waals surface area contributed by atoms with Crippen molar-refractivity contribution in [1.82, 2.24) is 30.0 Å². The van der Waals surface area contributed by atoms with Crippen LogP contribution in [0.25, 0.3) is 0 Å². The normalized spacial score (nSPS) is 17.8. The maximum Gasteiger partial charge on any atom is 0.125 e. The SMILES string of the molecule is c1ccc(NCC2CCN(Cc3cn(Cc4ccon4)nn3)C2)nc1. The minimum atomic E-state index is 0.583. The molecule has 0 spiro atoms. The zero-order valence-corrected chi connectivity index (χ0v) is 14.0. The van der Waals surface area contributed by atoms with Gasteiger partial charge in [0.15, 0.2) is 0 Å². The molecule has 0 amide bonds. The maximum absolute atomic E-state index is 4.84. The van der Waals surface area contributed by atoms with Crippen molar-refractivity contribution in [3.8, 4) is 0 Å². The highest BCUT2D eigenvalue weighted by atomic mass is 16.5. The number of aromatic nitrogens is 5. The van der Waals surface area contributed by atoms with E-state index in [2.05, 4.69) is 30.7 Å². The quantitative estimate of drug-likeness (QED) is 0.700. The van der Waals surface area contributed by atoms with Gasteiger partial charge in [-0.2, -0.15) is 0 Å². The van der Waals surface area contributed by atoms with E-state index in [1.807, 2.05) is 36.7 Å². The van der Waals surface area contributed by atoms with Crippen molar-refractivity contribution in [3.05, 3.63) is 54.3 Å². The number of hydrogen-bond donors (Lipinski definition) is 1. The third-order valence-electron chi connectivity index (χ3n) is 4.39. The number of nitrogens with zero attached hydrogens (tertiary/aromatic N) is 6. The Hall–Kier alpha value is -2.74. The highest BCUT2D eigenvalue weighted by Gasteiger charge is 2.23. The number of rotatable bonds is 7. The molecule has 3 aromatic heterocycles. The van der Waals surface area contributed by atoms with Crippen molar-refractivity contribution in [2.75, 3.05) is 25.0 Å². The maximum atomic E-state index is 4.84. The predicted molar refractivity (Wildman–Crippen MR) is 91.7 cm³/mol. The van der Waals surface area contributed by atoms with Crippen LogP contribution in [0, 0.1) is 5.92 Å². The molecule has 1 aliphatic heterocycles. The smallest absolute Gasteiger partial charge is 0.125 e. The molecule has 8 heteroatoms. The Bertz CT molecular complexity index is 771. The summed E-state index contributed by atoms with van der Waals surface area (Å²) >= 11 is 0. The summed E-state index contributed by atoms with van der Waals surface area (Å²) in [6.45, 7) is 4.52. The zero-order chi connectivity index (χ0) is 16.9. The molecule has 1 unspecified atom stereocenters. The van der Waals surface area contributed by atoms with Gasteiger partial charge in [-0.05, 0) is 31.0 Å². The van der Waals surface area contributed by atoms with Gasteiger partial charge in [-0.3, -0.25) is 4.90 Å². The summed E-state index contributed by atoms with van der Waals surface area (Å²) in [4.78, 5) is 6.73. The molecule has 0 bridgehead atoms. The van der Waals surface area contributed by atoms with Gasteiger partial charge in [0.2, 0.25) is 0 Å². The van der Waals surface area contributed by atoms with Crippen molar-refractivity contribution in [2.45, 2.75) is 19.5 Å². The second-order valence-electron chi connectivity index (χ2n) is 6.38. The highest BCUT2D eigenvalue weighted by Crippen LogP contribution is 2.18. The average Bonchev–Trinajstić information content (AvgIpc) is 3.38. The molecule has 4 heterocycles. The molecular weight excluding hydrogens is 318 g/mol. The fourth-order valence-electron chi connectivity index (χ4n) is 3.14. The lowest BCUT2D eigenvalue weighted by Crippen LogP contribution is -2.23. The van der Waals surface area contributed by atoms with Crippen LogP contribution < -0.4 is 5.32 Å². The summed E-state index contributed by atoms with van der Waals surface area (Å²) < 4.78 is 6.63. The van der Waals surface area contributed by atoms with Crippen LogP contribution in [0.2, 0.25) is 0 Å². The van der Waals surface area contributed by atoms with Crippen LogP contribution in [0.1, 0.15) is 17.8 Å². The molecule has 1 N–H and O–H groups in total. The fourth-order valence-corrected chi connectivity index (χ4v) is 3.14. The number of hydrogen-bond acceptors (Lipinski definition) is 7. The first-order valence-electron chi connectivity index (χ1n) is 8.51. The Labute approximate surface area is 145 Å². The van der Waals surface area contributed by atoms with Crippen molar-refractivity contribution in [2.24, 2.45) is 5.92 Å². The molecule has 130 valence electrons. The summed E-state index contributed by atoms with van der Waals surface area (Å²) in [5, 5.41) is 15.7. The van der Waals surface area contributed by atoms with E-state index in [0.29, 0.717) is 12.5 Å². The Morgan fingerprint density at radius 3 is 3.04 bits per heavy atom. The van der Waals surface area contributed by atoms with Crippen LogP contribution in [0.15, 0.2) is 47.4 Å². The Balaban J connectivity index is 1.24. The minimum absolute atomic E-state index is 0.583. The standard InChI is InChI=1S/C17H21N7O/c1-2-6-18-17(3-1)19-9-14-4-7-23(10-14)11-16-13-24(22-20-16)12-15-5-8-25-21-15/h1-3,5-6,8,13-14H,4,7,9-12H2,(H,18,19). The zero-order valence-electron chi connectivity index (χ0n) is 14.0. The summed E-state index contributed by atoms with van der Waals surface area (Å²) in [7, 11) is 0. The number of nitrogens with one attached hydrogen (secondary N) is 1. The van der Waals surface area contributed by atoms with E-state index in [1.165, 1.54) is 6.42 Å². The Morgan fingerprint density at radius 2 is 2.20 bits per heavy atom. The number of anilines is 1. The Kier molecular flexibility index (Phi) is 4.69. The van der Waals surface area contributed by atoms with Crippen LogP contribution in [-0.4, -0.2) is 49.7 Å². The molecule has 4 rings (SSSR count). The summed E-state index contributed by atoms with van der Waals surface area (Å²) in [6.07, 6.45) is 6.54. The van der Waals surface area contributed by atoms with E-state index in [-0.39, 0.29) is 0 Å². The molecule has 8 nitrogen and oxygen atoms in total. The predicted octanol–water partition coefficient (Wildman–Crippen LogP) is 1.64. The van der Waals surface area contributed by atoms with Crippen LogP contribution in [0.3, 0.4) is 0 Å². The topological polar surface area (TPSA) is 84.9 Å². The van der Waals surface area contributed by atoms with Crippen molar-refractivity contribution < 1.29 is 4.52 Å². The summed E-state index contributed by atoms with van der Waals surface area (Å²) in [5.74, 6) is 1.57. The third kappa shape index (κ3) is 4.21. The second-order valence-corrected chi connectivity index (χ2v) is 6.38. The second kappa shape index (κ2) is 7.43. The first kappa shape index (κ1) is 15.8. The van der Waals surface area contributed by atoms with Gasteiger partial charge in [-0.15, -0.1) is 5.10 Å². The molecule has 1 aliphatic rings. The van der Waals surface area contributed by atoms with Crippen molar-refractivity contribution >= 4 is 5.82 Å². The summed E-state index contributed by atoms with van der Waals surface area (Å²) in [5.41, 5.74) is 1.83. The number of pyridine rings is 1. The van der Waals surface area contributed by atoms with Gasteiger partial charge in [-0.25, -0.2) is 9.67 Å². The highest BCUT2D eigenvalue weighted by molar-refractivity contribution is 5.33. The monoisotopic (exact) mass is 339 g/mol. The van der Waals surface area contributed by atoms with Crippen molar-refractivity contribution in [3.63, 3.8) is 0 Å². The van der Waals surface area contributed by atoms with Gasteiger partial charge >= 0.3 is 0 Å². The van der Waals surface area contributed by atoms with Gasteiger partial charge in [-0.1, -0.05) is 16.4 Å². The first-order valence-corrected chi connectivity index (χ1v) is 8.51. The van der Waals surface area contributed by atoms with Crippen LogP contribution in [0.5, 0.6) is 0 Å². The van der Waals surface area contributed by atoms with E-state index in [9.17, 15) is 0 Å². The average molecular weight is 339 g/mol. The largest absolute Gasteiger partial charge is 0.370 e. The van der Waals surface area contributed by atoms with Gasteiger partial charge < -0.3 is 9.84 Å². The van der Waals surface area contributed by atoms with Gasteiger partial charge in [0, 0.05) is 31.9 Å². The molecule has 0 aromatic carbocycles. The fraction of sp³-hybridized carbons (Fsp3) is 0.412. The lowest BCUT2D eigenvalue weighted by atomic mass is 10.1. The van der Waals surface area contributed by atoms with E-state index in [0.717, 1.165) is 43.4 Å². The Morgan fingerprint density at radius 1 is 1.20 bits per heavy atom. The van der Waals surface area contributed by atoms with Crippen LogP contribution >= 0.6 is 0 Å². The molecule has 0 saturated carbocycles. The molecule has 3 aromatic rings. The van der Waals surface area contributed by atoms with Crippen molar-refractivity contribution in [1.29, 1.82) is 0 Å². The molecule has 1 atom stereocenters. The lowest BCUT2D eigenvalue weighted by Gasteiger charge is -2.15. The van der Waals surface area contributed by atoms with E-state index >= 15 is 0 Å². The van der Waals surface area contributed by atoms with E-state index in [4.69, 9.17) is 4.52 Å². The van der Waals surface area contributed by atoms with E-state index in [1.54, 1.807) is 10.9 Å². The summed E-state index contributed by atoms with van der Waals surface area (Å²) in [6, 6.07) is 7.76. The molecule has 1 fully saturated rings. The molecule has 0 aliphatic carbocycles. The molecular formula is C17H21N7O. The number of likely N-dealkylation sites (tertiary alicyclic amines) is 1. The lowest BCUT2D eigenvalue weighted by molar-refractivity contribution is 0.315. The van der Waals surface area contributed by atoms with Gasteiger partial charge in [0.05, 0.1) is 18.4 Å². The molecule has 25 heavy (non-hydrogen) atoms. The van der Waals surface area contributed by atoms with E-state index < -0.39 is 0 Å². The van der Waals surface area contributed by atoms with Crippen LogP contribution in [-0.2, 0) is 13.1 Å². The van der Waals surface area contributed by atoms with Gasteiger partial charge in [0.25, 0.3) is 0 Å². The molecule has 1 saturated heterocycles. The van der Waals surface area contributed by atoms with Gasteiger partial charge in [0.1, 0.15) is 17.8 Å². The first-order chi connectivity index (χ1) is 12.3. The molecule has 0 radical (unpaired) electrons. The minimum Gasteiger partial charge on any atom is -0.370 e. The van der Waals surface area contributed by atoms with Crippen LogP contribution in [0.4, 0.5) is 5.82 Å².